The first kappa shape index (κ1) is 50.2. The fourth-order valence-electron chi connectivity index (χ4n) is 7.03. The standard InChI is InChI=1S/C55H61N3O9Si/c1-39(53(60)66-37-42-21-13-7-14-22-42)57-52(59)48(56)33-46-31-44(25-27-50(46)64-35-40-17-9-5-10-18-40)45-26-28-51(65-36-41-19-11-6-12-20-41)47(32-45)34-49(54(61)63-29-30-68(2,3)4)58-55(62)67-38-43-23-15-8-16-24-43/h5-28,31-32,39,48-49H,29-30,33-38,56H2,1-4H3,(H,57,59)(H,58,62)/t39-,48-,49-/m0/s1. The van der Waals surface area contributed by atoms with Crippen LogP contribution in [0.15, 0.2) is 158 Å². The van der Waals surface area contributed by atoms with Gasteiger partial charge in [0.1, 0.15) is 50.0 Å². The zero-order valence-corrected chi connectivity index (χ0v) is 40.2. The first-order valence-electron chi connectivity index (χ1n) is 22.8. The summed E-state index contributed by atoms with van der Waals surface area (Å²) in [5.74, 6) is -0.675. The highest BCUT2D eigenvalue weighted by Crippen LogP contribution is 2.33. The number of amides is 2. The quantitative estimate of drug-likeness (QED) is 0.0320. The zero-order valence-electron chi connectivity index (χ0n) is 39.2. The molecule has 0 bridgehead atoms. The van der Waals surface area contributed by atoms with E-state index in [2.05, 4.69) is 30.3 Å². The van der Waals surface area contributed by atoms with Crippen LogP contribution in [0.3, 0.4) is 0 Å². The Bertz CT molecular complexity index is 2560. The summed E-state index contributed by atoms with van der Waals surface area (Å²) in [6.07, 6.45) is -0.675. The average molecular weight is 936 g/mol. The second-order valence-corrected chi connectivity index (χ2v) is 23.4. The van der Waals surface area contributed by atoms with Crippen molar-refractivity contribution in [3.05, 3.63) is 191 Å². The molecule has 12 nitrogen and oxygen atoms in total. The van der Waals surface area contributed by atoms with Gasteiger partial charge in [0.2, 0.25) is 5.91 Å². The fourth-order valence-corrected chi connectivity index (χ4v) is 7.75. The number of esters is 2. The normalized spacial score (nSPS) is 12.4. The maximum atomic E-state index is 13.9. The van der Waals surface area contributed by atoms with Gasteiger partial charge in [-0.2, -0.15) is 0 Å². The molecule has 0 saturated heterocycles. The highest BCUT2D eigenvalue weighted by Gasteiger charge is 2.27. The van der Waals surface area contributed by atoms with E-state index in [1.807, 2.05) is 158 Å². The van der Waals surface area contributed by atoms with Crippen molar-refractivity contribution in [2.75, 3.05) is 6.61 Å². The number of rotatable bonds is 23. The lowest BCUT2D eigenvalue weighted by atomic mass is 9.95. The van der Waals surface area contributed by atoms with E-state index in [0.29, 0.717) is 22.6 Å². The summed E-state index contributed by atoms with van der Waals surface area (Å²) < 4.78 is 29.6. The molecule has 4 N–H and O–H groups in total. The van der Waals surface area contributed by atoms with Gasteiger partial charge in [0.05, 0.1) is 12.6 Å². The molecular formula is C55H61N3O9Si. The van der Waals surface area contributed by atoms with Crippen LogP contribution in [0.5, 0.6) is 11.5 Å². The van der Waals surface area contributed by atoms with Gasteiger partial charge in [-0.05, 0) is 81.7 Å². The number of nitrogens with one attached hydrogen (secondary N) is 2. The minimum Gasteiger partial charge on any atom is -0.489 e. The maximum Gasteiger partial charge on any atom is 0.408 e. The van der Waals surface area contributed by atoms with Crippen LogP contribution in [0.25, 0.3) is 11.1 Å². The Labute approximate surface area is 400 Å². The number of nitrogens with two attached hydrogens (primary N) is 1. The number of carbonyl (C=O) groups is 4. The summed E-state index contributed by atoms with van der Waals surface area (Å²) in [4.78, 5) is 53.6. The summed E-state index contributed by atoms with van der Waals surface area (Å²) in [6, 6.07) is 47.0. The van der Waals surface area contributed by atoms with Crippen LogP contribution >= 0.6 is 0 Å². The minimum atomic E-state index is -1.55. The van der Waals surface area contributed by atoms with Gasteiger partial charge in [0.25, 0.3) is 0 Å². The SMILES string of the molecule is C[C@H](NC(=O)[C@@H](N)Cc1cc(-c2ccc(OCc3ccccc3)c(C[C@H](NC(=O)OCc3ccccc3)C(=O)OCC[Si](C)(C)C)c2)ccc1OCc1ccccc1)C(=O)OCc1ccccc1. The van der Waals surface area contributed by atoms with Gasteiger partial charge in [-0.25, -0.2) is 14.4 Å². The summed E-state index contributed by atoms with van der Waals surface area (Å²) >= 11 is 0. The molecule has 0 aliphatic carbocycles. The Morgan fingerprint density at radius 3 is 1.44 bits per heavy atom. The third kappa shape index (κ3) is 16.3. The van der Waals surface area contributed by atoms with Crippen molar-refractivity contribution in [3.63, 3.8) is 0 Å². The molecule has 0 heterocycles. The average Bonchev–Trinajstić information content (AvgIpc) is 3.34. The molecule has 354 valence electrons. The van der Waals surface area contributed by atoms with Crippen molar-refractivity contribution in [1.29, 1.82) is 0 Å². The molecule has 0 aliphatic rings. The van der Waals surface area contributed by atoms with Crippen molar-refractivity contribution in [2.24, 2.45) is 5.73 Å². The van der Waals surface area contributed by atoms with Crippen LogP contribution in [0.2, 0.25) is 25.7 Å². The Balaban J connectivity index is 1.28. The van der Waals surface area contributed by atoms with Gasteiger partial charge in [-0.15, -0.1) is 0 Å². The molecular weight excluding hydrogens is 875 g/mol. The molecule has 2 amide bonds. The topological polar surface area (TPSA) is 165 Å². The lowest BCUT2D eigenvalue weighted by Gasteiger charge is -2.22. The molecule has 0 saturated carbocycles. The van der Waals surface area contributed by atoms with Crippen LogP contribution in [-0.2, 0) is 67.9 Å². The molecule has 0 spiro atoms. The van der Waals surface area contributed by atoms with Gasteiger partial charge in [-0.1, -0.05) is 153 Å². The third-order valence-corrected chi connectivity index (χ3v) is 12.7. The van der Waals surface area contributed by atoms with Gasteiger partial charge >= 0.3 is 18.0 Å². The molecule has 0 aliphatic heterocycles. The van der Waals surface area contributed by atoms with Crippen molar-refractivity contribution in [2.45, 2.75) is 90.0 Å². The van der Waals surface area contributed by atoms with Gasteiger partial charge in [0.15, 0.2) is 0 Å². The van der Waals surface area contributed by atoms with Crippen molar-refractivity contribution < 1.29 is 42.9 Å². The zero-order chi connectivity index (χ0) is 48.3. The van der Waals surface area contributed by atoms with Crippen LogP contribution in [0.4, 0.5) is 4.79 Å². The number of ether oxygens (including phenoxy) is 5. The van der Waals surface area contributed by atoms with Crippen molar-refractivity contribution >= 4 is 32.0 Å². The molecule has 0 unspecified atom stereocenters. The highest BCUT2D eigenvalue weighted by atomic mass is 28.3. The van der Waals surface area contributed by atoms with Crippen LogP contribution in [-0.4, -0.2) is 56.7 Å². The first-order chi connectivity index (χ1) is 32.8. The number of hydrogen-bond donors (Lipinski definition) is 3. The smallest absolute Gasteiger partial charge is 0.408 e. The molecule has 0 radical (unpaired) electrons. The van der Waals surface area contributed by atoms with E-state index in [9.17, 15) is 19.2 Å². The molecule has 6 aromatic rings. The van der Waals surface area contributed by atoms with E-state index in [1.54, 1.807) is 6.92 Å². The Kier molecular flexibility index (Phi) is 18.5. The maximum absolute atomic E-state index is 13.9. The first-order valence-corrected chi connectivity index (χ1v) is 26.5. The van der Waals surface area contributed by atoms with Crippen LogP contribution < -0.4 is 25.8 Å². The molecule has 3 atom stereocenters. The Morgan fingerprint density at radius 1 is 0.529 bits per heavy atom. The van der Waals surface area contributed by atoms with Gasteiger partial charge in [-0.3, -0.25) is 4.79 Å². The predicted octanol–water partition coefficient (Wildman–Crippen LogP) is 9.35. The molecule has 68 heavy (non-hydrogen) atoms. The van der Waals surface area contributed by atoms with E-state index in [4.69, 9.17) is 29.4 Å². The summed E-state index contributed by atoms with van der Waals surface area (Å²) in [7, 11) is -1.55. The highest BCUT2D eigenvalue weighted by molar-refractivity contribution is 6.76. The molecule has 6 aromatic carbocycles. The number of carbonyl (C=O) groups excluding carboxylic acids is 4. The lowest BCUT2D eigenvalue weighted by molar-refractivity contribution is -0.148. The monoisotopic (exact) mass is 935 g/mol. The van der Waals surface area contributed by atoms with Gasteiger partial charge in [0, 0.05) is 20.9 Å². The van der Waals surface area contributed by atoms with Crippen LogP contribution in [0, 0.1) is 0 Å². The number of benzene rings is 6. The molecule has 0 aromatic heterocycles. The lowest BCUT2D eigenvalue weighted by Crippen LogP contribution is -2.48. The second kappa shape index (κ2) is 25.1. The number of alkyl carbamates (subject to hydrolysis) is 1. The molecule has 0 fully saturated rings. The number of hydrogen-bond acceptors (Lipinski definition) is 10. The van der Waals surface area contributed by atoms with Crippen molar-refractivity contribution in [3.8, 4) is 22.6 Å². The van der Waals surface area contributed by atoms with E-state index in [-0.39, 0.29) is 45.9 Å². The largest absolute Gasteiger partial charge is 0.489 e. The minimum absolute atomic E-state index is 0.0179. The van der Waals surface area contributed by atoms with Gasteiger partial charge < -0.3 is 40.1 Å². The molecule has 6 rings (SSSR count). The Morgan fingerprint density at radius 2 is 0.971 bits per heavy atom. The second-order valence-electron chi connectivity index (χ2n) is 17.8. The molecule has 13 heteroatoms. The summed E-state index contributed by atoms with van der Waals surface area (Å²) in [6.45, 7) is 8.99. The van der Waals surface area contributed by atoms with Crippen molar-refractivity contribution in [1.82, 2.24) is 10.6 Å². The van der Waals surface area contributed by atoms with E-state index in [0.717, 1.165) is 39.4 Å². The Hall–Kier alpha value is -7.22. The van der Waals surface area contributed by atoms with E-state index >= 15 is 0 Å². The van der Waals surface area contributed by atoms with Crippen LogP contribution in [0.1, 0.15) is 40.3 Å². The fraction of sp³-hybridized carbons (Fsp3) is 0.273. The summed E-state index contributed by atoms with van der Waals surface area (Å²) in [5.41, 5.74) is 12.9. The van der Waals surface area contributed by atoms with E-state index in [1.165, 1.54) is 0 Å². The third-order valence-electron chi connectivity index (χ3n) is 11.0. The predicted molar refractivity (Wildman–Crippen MR) is 265 cm³/mol. The summed E-state index contributed by atoms with van der Waals surface area (Å²) in [5, 5.41) is 5.48. The van der Waals surface area contributed by atoms with E-state index < -0.39 is 50.1 Å².